The minimum Gasteiger partial charge on any atom is -0.422 e. The number of carbonyl (C=O) groups is 1. The molecule has 0 saturated heterocycles. The largest absolute Gasteiger partial charge is 0.422 e. The fourth-order valence-corrected chi connectivity index (χ4v) is 5.00. The Labute approximate surface area is 190 Å². The van der Waals surface area contributed by atoms with Gasteiger partial charge in [0.05, 0.1) is 16.1 Å². The van der Waals surface area contributed by atoms with E-state index in [-0.39, 0.29) is 16.2 Å². The van der Waals surface area contributed by atoms with Gasteiger partial charge in [-0.05, 0) is 61.4 Å². The van der Waals surface area contributed by atoms with Gasteiger partial charge in [-0.3, -0.25) is 4.79 Å². The SMILES string of the molecule is Cc1ccc(S(=O)(=O)N(C(=O)CO)c2ccc3oc(=O)c(-c4ccccc4C)cc3c2)cc1. The first-order chi connectivity index (χ1) is 15.7. The highest BCUT2D eigenvalue weighted by molar-refractivity contribution is 7.93. The van der Waals surface area contributed by atoms with Crippen molar-refractivity contribution in [1.82, 2.24) is 0 Å². The molecule has 1 N–H and O–H groups in total. The summed E-state index contributed by atoms with van der Waals surface area (Å²) in [6.07, 6.45) is 0. The van der Waals surface area contributed by atoms with Gasteiger partial charge in [-0.15, -0.1) is 0 Å². The zero-order chi connectivity index (χ0) is 23.8. The second-order valence-corrected chi connectivity index (χ2v) is 9.41. The number of aryl methyl sites for hydroxylation is 2. The topological polar surface area (TPSA) is 105 Å². The van der Waals surface area contributed by atoms with E-state index in [1.165, 1.54) is 30.3 Å². The summed E-state index contributed by atoms with van der Waals surface area (Å²) in [7, 11) is -4.30. The Morgan fingerprint density at radius 3 is 2.30 bits per heavy atom. The van der Waals surface area contributed by atoms with Gasteiger partial charge < -0.3 is 9.52 Å². The molecule has 7 nitrogen and oxygen atoms in total. The lowest BCUT2D eigenvalue weighted by Gasteiger charge is -2.22. The first-order valence-electron chi connectivity index (χ1n) is 10.1. The van der Waals surface area contributed by atoms with Crippen LogP contribution in [0.25, 0.3) is 22.1 Å². The van der Waals surface area contributed by atoms with Crippen molar-refractivity contribution in [2.75, 3.05) is 10.9 Å². The number of benzene rings is 3. The van der Waals surface area contributed by atoms with Crippen molar-refractivity contribution in [1.29, 1.82) is 0 Å². The zero-order valence-electron chi connectivity index (χ0n) is 18.0. The van der Waals surface area contributed by atoms with Crippen LogP contribution in [0, 0.1) is 13.8 Å². The smallest absolute Gasteiger partial charge is 0.344 e. The highest BCUT2D eigenvalue weighted by Gasteiger charge is 2.31. The third kappa shape index (κ3) is 4.18. The molecule has 33 heavy (non-hydrogen) atoms. The van der Waals surface area contributed by atoms with Gasteiger partial charge in [-0.2, -0.15) is 0 Å². The van der Waals surface area contributed by atoms with Crippen molar-refractivity contribution >= 4 is 32.6 Å². The van der Waals surface area contributed by atoms with Crippen molar-refractivity contribution in [3.8, 4) is 11.1 Å². The molecule has 0 spiro atoms. The lowest BCUT2D eigenvalue weighted by atomic mass is 10.0. The maximum atomic E-state index is 13.3. The van der Waals surface area contributed by atoms with Crippen LogP contribution in [-0.4, -0.2) is 26.0 Å². The summed E-state index contributed by atoms with van der Waals surface area (Å²) in [5.74, 6) is -1.01. The van der Waals surface area contributed by atoms with Gasteiger partial charge in [-0.25, -0.2) is 17.5 Å². The molecule has 8 heteroatoms. The summed E-state index contributed by atoms with van der Waals surface area (Å²) < 4.78 is 32.6. The van der Waals surface area contributed by atoms with Gasteiger partial charge in [0.15, 0.2) is 0 Å². The van der Waals surface area contributed by atoms with Gasteiger partial charge >= 0.3 is 5.63 Å². The number of sulfonamides is 1. The van der Waals surface area contributed by atoms with Gasteiger partial charge in [0, 0.05) is 5.39 Å². The Hall–Kier alpha value is -3.75. The van der Waals surface area contributed by atoms with Gasteiger partial charge in [0.2, 0.25) is 0 Å². The molecule has 0 saturated carbocycles. The maximum absolute atomic E-state index is 13.3. The van der Waals surface area contributed by atoms with Crippen LogP contribution in [-0.2, 0) is 14.8 Å². The molecule has 4 rings (SSSR count). The predicted molar refractivity (Wildman–Crippen MR) is 126 cm³/mol. The van der Waals surface area contributed by atoms with Gasteiger partial charge in [-0.1, -0.05) is 42.0 Å². The lowest BCUT2D eigenvalue weighted by molar-refractivity contribution is -0.120. The van der Waals surface area contributed by atoms with Crippen molar-refractivity contribution < 1.29 is 22.7 Å². The minimum atomic E-state index is -4.30. The number of hydrogen-bond donors (Lipinski definition) is 1. The van der Waals surface area contributed by atoms with Gasteiger partial charge in [0.25, 0.3) is 15.9 Å². The summed E-state index contributed by atoms with van der Waals surface area (Å²) in [5, 5.41) is 9.91. The molecule has 1 amide bonds. The van der Waals surface area contributed by atoms with Crippen molar-refractivity contribution in [3.63, 3.8) is 0 Å². The van der Waals surface area contributed by atoms with Crippen molar-refractivity contribution in [2.45, 2.75) is 18.7 Å². The zero-order valence-corrected chi connectivity index (χ0v) is 18.8. The lowest BCUT2D eigenvalue weighted by Crippen LogP contribution is -2.38. The van der Waals surface area contributed by atoms with Crippen LogP contribution in [0.2, 0.25) is 0 Å². The monoisotopic (exact) mass is 463 g/mol. The van der Waals surface area contributed by atoms with E-state index in [9.17, 15) is 23.1 Å². The number of rotatable bonds is 5. The van der Waals surface area contributed by atoms with E-state index in [0.717, 1.165) is 11.1 Å². The highest BCUT2D eigenvalue weighted by atomic mass is 32.2. The van der Waals surface area contributed by atoms with E-state index in [1.54, 1.807) is 30.3 Å². The summed E-state index contributed by atoms with van der Waals surface area (Å²) in [6.45, 7) is 2.68. The van der Waals surface area contributed by atoms with Crippen LogP contribution in [0.5, 0.6) is 0 Å². The van der Waals surface area contributed by atoms with E-state index in [0.29, 0.717) is 20.8 Å². The molecule has 0 aliphatic carbocycles. The number of carbonyl (C=O) groups excluding carboxylic acids is 1. The average molecular weight is 464 g/mol. The fourth-order valence-electron chi connectivity index (χ4n) is 3.60. The number of fused-ring (bicyclic) bond motifs is 1. The van der Waals surface area contributed by atoms with Crippen LogP contribution in [0.4, 0.5) is 5.69 Å². The Bertz CT molecular complexity index is 1520. The van der Waals surface area contributed by atoms with Crippen LogP contribution < -0.4 is 9.93 Å². The third-order valence-corrected chi connectivity index (χ3v) is 7.07. The first-order valence-corrected chi connectivity index (χ1v) is 11.6. The second-order valence-electron chi connectivity index (χ2n) is 7.62. The molecule has 1 heterocycles. The standard InChI is InChI=1S/C25H21NO6S/c1-16-7-10-20(11-8-16)33(30,31)26(24(28)15-27)19-9-12-23-18(13-19)14-22(25(29)32-23)21-6-4-3-5-17(21)2/h3-14,27H,15H2,1-2H3. The van der Waals surface area contributed by atoms with E-state index in [2.05, 4.69) is 0 Å². The van der Waals surface area contributed by atoms with Crippen LogP contribution in [0.1, 0.15) is 11.1 Å². The van der Waals surface area contributed by atoms with Gasteiger partial charge in [0.1, 0.15) is 12.2 Å². The number of hydrogen-bond acceptors (Lipinski definition) is 6. The Balaban J connectivity index is 1.89. The van der Waals surface area contributed by atoms with Crippen LogP contribution in [0.3, 0.4) is 0 Å². The second kappa shape index (κ2) is 8.65. The summed E-state index contributed by atoms with van der Waals surface area (Å²) in [6, 6.07) is 19.2. The van der Waals surface area contributed by atoms with E-state index in [4.69, 9.17) is 4.42 Å². The van der Waals surface area contributed by atoms with E-state index in [1.807, 2.05) is 26.0 Å². The molecule has 168 valence electrons. The Kier molecular flexibility index (Phi) is 5.88. The van der Waals surface area contributed by atoms with E-state index < -0.39 is 28.2 Å². The molecule has 0 radical (unpaired) electrons. The molecule has 1 aromatic heterocycles. The minimum absolute atomic E-state index is 0.0201. The number of aliphatic hydroxyl groups excluding tert-OH is 1. The Morgan fingerprint density at radius 2 is 1.64 bits per heavy atom. The summed E-state index contributed by atoms with van der Waals surface area (Å²) >= 11 is 0. The van der Waals surface area contributed by atoms with E-state index >= 15 is 0 Å². The number of anilines is 1. The molecule has 0 atom stereocenters. The molecular weight excluding hydrogens is 442 g/mol. The number of nitrogens with zero attached hydrogens (tertiary/aromatic N) is 1. The quantitative estimate of drug-likeness (QED) is 0.452. The average Bonchev–Trinajstić information content (AvgIpc) is 2.79. The third-order valence-electron chi connectivity index (χ3n) is 5.31. The first kappa shape index (κ1) is 22.4. The summed E-state index contributed by atoms with van der Waals surface area (Å²) in [5.41, 5.74) is 2.48. The maximum Gasteiger partial charge on any atom is 0.344 e. The normalized spacial score (nSPS) is 11.5. The number of aliphatic hydroxyl groups is 1. The van der Waals surface area contributed by atoms with Crippen LogP contribution in [0.15, 0.2) is 86.9 Å². The van der Waals surface area contributed by atoms with Crippen molar-refractivity contribution in [3.05, 3.63) is 94.3 Å². The predicted octanol–water partition coefficient (Wildman–Crippen LogP) is 3.79. The highest BCUT2D eigenvalue weighted by Crippen LogP contribution is 2.30. The molecule has 0 bridgehead atoms. The molecule has 0 aliphatic rings. The fraction of sp³-hybridized carbons (Fsp3) is 0.120. The molecule has 4 aromatic rings. The van der Waals surface area contributed by atoms with Crippen molar-refractivity contribution in [2.24, 2.45) is 0 Å². The summed E-state index contributed by atoms with van der Waals surface area (Å²) in [4.78, 5) is 25.0. The molecule has 0 unspecified atom stereocenters. The van der Waals surface area contributed by atoms with Crippen LogP contribution >= 0.6 is 0 Å². The molecule has 0 fully saturated rings. The molecule has 0 aliphatic heterocycles. The number of amides is 1. The molecule has 3 aromatic carbocycles. The Morgan fingerprint density at radius 1 is 0.939 bits per heavy atom. The molecular formula is C25H21NO6S.